The Morgan fingerprint density at radius 3 is 2.14 bits per heavy atom. The predicted molar refractivity (Wildman–Crippen MR) is 112 cm³/mol. The van der Waals surface area contributed by atoms with Gasteiger partial charge in [0.05, 0.1) is 5.69 Å². The molecule has 0 radical (unpaired) electrons. The van der Waals surface area contributed by atoms with E-state index in [1.807, 2.05) is 9.20 Å². The molecule has 28 heavy (non-hydrogen) atoms. The Kier molecular flexibility index (Phi) is 5.16. The van der Waals surface area contributed by atoms with Gasteiger partial charge in [-0.1, -0.05) is 66.7 Å². The second-order valence-electron chi connectivity index (χ2n) is 9.35. The van der Waals surface area contributed by atoms with Crippen molar-refractivity contribution in [3.63, 3.8) is 0 Å². The van der Waals surface area contributed by atoms with Crippen molar-refractivity contribution in [2.75, 3.05) is 0 Å². The lowest BCUT2D eigenvalue weighted by atomic mass is 9.91. The maximum absolute atomic E-state index is 4.88. The molecule has 0 fully saturated rings. The van der Waals surface area contributed by atoms with Gasteiger partial charge in [-0.15, -0.1) is 20.4 Å². The van der Waals surface area contributed by atoms with Gasteiger partial charge in [0.2, 0.25) is 0 Å². The van der Waals surface area contributed by atoms with Gasteiger partial charge < -0.3 is 0 Å². The van der Waals surface area contributed by atoms with Crippen LogP contribution in [-0.4, -0.2) is 29.6 Å². The molecule has 3 rings (SSSR count). The number of fused-ring (bicyclic) bond motifs is 1. The van der Waals surface area contributed by atoms with Crippen LogP contribution in [0.25, 0.3) is 5.65 Å². The Morgan fingerprint density at radius 1 is 0.964 bits per heavy atom. The lowest BCUT2D eigenvalue weighted by Gasteiger charge is -2.15. The molecule has 0 aliphatic rings. The minimum Gasteiger partial charge on any atom is -0.244 e. The summed E-state index contributed by atoms with van der Waals surface area (Å²) in [5, 5.41) is 28.6. The molecule has 0 amide bonds. The van der Waals surface area contributed by atoms with E-state index in [9.17, 15) is 0 Å². The normalized spacial score (nSPS) is 13.5. The van der Waals surface area contributed by atoms with Crippen molar-refractivity contribution in [3.8, 4) is 0 Å². The van der Waals surface area contributed by atoms with Crippen molar-refractivity contribution in [2.24, 2.45) is 10.2 Å². The summed E-state index contributed by atoms with van der Waals surface area (Å²) in [6, 6.07) is 0. The smallest absolute Gasteiger partial charge is 0.244 e. The third-order valence-electron chi connectivity index (χ3n) is 4.34. The van der Waals surface area contributed by atoms with Crippen molar-refractivity contribution in [3.05, 3.63) is 16.5 Å². The summed E-state index contributed by atoms with van der Waals surface area (Å²) in [6.45, 7) is 19.8. The minimum atomic E-state index is -0.176. The number of rotatable bonds is 4. The molecular weight excluding hydrogens is 372 g/mol. The van der Waals surface area contributed by atoms with E-state index < -0.39 is 0 Å². The van der Waals surface area contributed by atoms with Crippen LogP contribution < -0.4 is 0 Å². The molecule has 3 aromatic rings. The summed E-state index contributed by atoms with van der Waals surface area (Å²) >= 11 is 1.47. The molecule has 0 aromatic carbocycles. The molecule has 152 valence electrons. The van der Waals surface area contributed by atoms with Crippen LogP contribution in [0.4, 0.5) is 10.8 Å². The average Bonchev–Trinajstić information content (AvgIpc) is 3.25. The topological polar surface area (TPSA) is 85.6 Å². The van der Waals surface area contributed by atoms with Gasteiger partial charge in [0, 0.05) is 23.3 Å². The van der Waals surface area contributed by atoms with Crippen molar-refractivity contribution in [1.82, 2.24) is 29.6 Å². The van der Waals surface area contributed by atoms with Gasteiger partial charge in [0.1, 0.15) is 5.01 Å². The van der Waals surface area contributed by atoms with Crippen molar-refractivity contribution >= 4 is 27.8 Å². The van der Waals surface area contributed by atoms with Crippen LogP contribution in [0.2, 0.25) is 0 Å². The summed E-state index contributed by atoms with van der Waals surface area (Å²) in [7, 11) is 0. The van der Waals surface area contributed by atoms with Gasteiger partial charge in [-0.05, 0) is 6.92 Å². The number of aromatic nitrogens is 6. The number of nitrogens with zero attached hydrogens (tertiary/aromatic N) is 8. The zero-order valence-electron chi connectivity index (χ0n) is 18.3. The van der Waals surface area contributed by atoms with E-state index in [1.165, 1.54) is 11.3 Å². The van der Waals surface area contributed by atoms with Crippen molar-refractivity contribution in [2.45, 2.75) is 85.6 Å². The second-order valence-corrected chi connectivity index (χ2v) is 10.3. The molecule has 3 heterocycles. The first kappa shape index (κ1) is 20.6. The molecule has 0 aliphatic carbocycles. The van der Waals surface area contributed by atoms with E-state index in [0.29, 0.717) is 5.13 Å². The summed E-state index contributed by atoms with van der Waals surface area (Å²) in [5.41, 5.74) is 2.30. The third-order valence-corrected chi connectivity index (χ3v) is 5.57. The first-order valence-electron chi connectivity index (χ1n) is 9.69. The van der Waals surface area contributed by atoms with Gasteiger partial charge >= 0.3 is 0 Å². The molecule has 0 saturated carbocycles. The predicted octanol–water partition coefficient (Wildman–Crippen LogP) is 5.54. The van der Waals surface area contributed by atoms with Crippen LogP contribution >= 0.6 is 11.3 Å². The minimum absolute atomic E-state index is 0.0556. The number of aryl methyl sites for hydroxylation is 1. The lowest BCUT2D eigenvalue weighted by molar-refractivity contribution is 0.557. The molecule has 0 aliphatic heterocycles. The maximum Gasteiger partial charge on any atom is 0.251 e. The van der Waals surface area contributed by atoms with Gasteiger partial charge in [0.25, 0.3) is 5.13 Å². The monoisotopic (exact) mass is 402 g/mol. The highest BCUT2D eigenvalue weighted by atomic mass is 32.1. The van der Waals surface area contributed by atoms with Crippen molar-refractivity contribution in [1.29, 1.82) is 0 Å². The Morgan fingerprint density at radius 2 is 1.64 bits per heavy atom. The zero-order valence-corrected chi connectivity index (χ0v) is 19.1. The quantitative estimate of drug-likeness (QED) is 0.536. The van der Waals surface area contributed by atoms with E-state index in [0.717, 1.165) is 34.4 Å². The second kappa shape index (κ2) is 7.02. The van der Waals surface area contributed by atoms with E-state index in [4.69, 9.17) is 10.2 Å². The highest BCUT2D eigenvalue weighted by Gasteiger charge is 2.29. The summed E-state index contributed by atoms with van der Waals surface area (Å²) in [4.78, 5) is 0. The molecule has 0 N–H and O–H groups in total. The molecule has 9 heteroatoms. The summed E-state index contributed by atoms with van der Waals surface area (Å²) < 4.78 is 3.87. The van der Waals surface area contributed by atoms with E-state index in [1.54, 1.807) is 0 Å². The van der Waals surface area contributed by atoms with Crippen LogP contribution in [0.5, 0.6) is 0 Å². The first-order chi connectivity index (χ1) is 12.9. The van der Waals surface area contributed by atoms with Gasteiger partial charge in [-0.3, -0.25) is 0 Å². The zero-order chi connectivity index (χ0) is 20.9. The molecule has 0 saturated heterocycles. The molecule has 0 bridgehead atoms. The highest BCUT2D eigenvalue weighted by molar-refractivity contribution is 7.15. The molecular formula is C19H30N8S. The Hall–Kier alpha value is -2.16. The standard InChI is InChI=1S/C19H30N8S/c1-10-26-15-12(20-22-17-23-21-16(28-17)19(7,8)9)13(18(4,5)6)24-27(15)14(25-26)11(2)3/h11H,10H2,1-9H3/b22-20-. The van der Waals surface area contributed by atoms with E-state index >= 15 is 0 Å². The third kappa shape index (κ3) is 3.72. The van der Waals surface area contributed by atoms with Crippen LogP contribution in [0.1, 0.15) is 84.8 Å². The average molecular weight is 403 g/mol. The molecule has 0 atom stereocenters. The highest BCUT2D eigenvalue weighted by Crippen LogP contribution is 2.37. The Bertz CT molecular complexity index is 1010. The maximum atomic E-state index is 4.88. The number of hydrogen-bond donors (Lipinski definition) is 0. The molecule has 8 nitrogen and oxygen atoms in total. The number of hydrogen-bond acceptors (Lipinski definition) is 7. The van der Waals surface area contributed by atoms with Crippen LogP contribution in [0, 0.1) is 0 Å². The summed E-state index contributed by atoms with van der Waals surface area (Å²) in [5.74, 6) is 1.18. The SMILES string of the molecule is CCn1nc(C(C)C)n2nc(C(C)(C)C)c(/N=N\c3nnc(C(C)(C)C)s3)c12. The van der Waals surface area contributed by atoms with Crippen LogP contribution in [-0.2, 0) is 17.4 Å². The van der Waals surface area contributed by atoms with Gasteiger partial charge in [-0.2, -0.15) is 14.7 Å². The fourth-order valence-electron chi connectivity index (χ4n) is 2.84. The number of azo groups is 1. The Balaban J connectivity index is 2.16. The van der Waals surface area contributed by atoms with Crippen LogP contribution in [0.3, 0.4) is 0 Å². The van der Waals surface area contributed by atoms with E-state index in [2.05, 4.69) is 82.7 Å². The summed E-state index contributed by atoms with van der Waals surface area (Å²) in [6.07, 6.45) is 0. The fourth-order valence-corrected chi connectivity index (χ4v) is 3.56. The molecule has 3 aromatic heterocycles. The van der Waals surface area contributed by atoms with Crippen LogP contribution in [0.15, 0.2) is 10.2 Å². The first-order valence-corrected chi connectivity index (χ1v) is 10.5. The van der Waals surface area contributed by atoms with E-state index in [-0.39, 0.29) is 16.7 Å². The lowest BCUT2D eigenvalue weighted by Crippen LogP contribution is -2.13. The van der Waals surface area contributed by atoms with Gasteiger partial charge in [0.15, 0.2) is 17.2 Å². The van der Waals surface area contributed by atoms with Gasteiger partial charge in [-0.25, -0.2) is 4.68 Å². The molecule has 0 unspecified atom stereocenters. The van der Waals surface area contributed by atoms with Crippen molar-refractivity contribution < 1.29 is 0 Å². The molecule has 0 spiro atoms. The fraction of sp³-hybridized carbons (Fsp3) is 0.684. The largest absolute Gasteiger partial charge is 0.251 e. The Labute approximate surface area is 170 Å².